The van der Waals surface area contributed by atoms with E-state index in [1.54, 1.807) is 0 Å². The van der Waals surface area contributed by atoms with Crippen molar-refractivity contribution < 1.29 is 22.4 Å². The van der Waals surface area contributed by atoms with E-state index in [9.17, 15) is 22.4 Å². The van der Waals surface area contributed by atoms with Crippen molar-refractivity contribution in [3.63, 3.8) is 0 Å². The van der Waals surface area contributed by atoms with Gasteiger partial charge < -0.3 is 11.1 Å². The van der Waals surface area contributed by atoms with E-state index >= 15 is 0 Å². The number of thiophene rings is 1. The van der Waals surface area contributed by atoms with Gasteiger partial charge in [-0.25, -0.2) is 17.1 Å². The van der Waals surface area contributed by atoms with Gasteiger partial charge in [0.25, 0.3) is 21.8 Å². The molecule has 0 unspecified atom stereocenters. The summed E-state index contributed by atoms with van der Waals surface area (Å²) >= 11 is 0.667. The van der Waals surface area contributed by atoms with Crippen LogP contribution in [-0.2, 0) is 10.0 Å². The molecule has 0 radical (unpaired) electrons. The third-order valence-electron chi connectivity index (χ3n) is 3.06. The van der Waals surface area contributed by atoms with Crippen LogP contribution < -0.4 is 11.1 Å². The third kappa shape index (κ3) is 3.45. The number of nitrogens with two attached hydrogens (primary N) is 1. The van der Waals surface area contributed by atoms with E-state index in [4.69, 9.17) is 5.73 Å². The zero-order chi connectivity index (χ0) is 18.1. The molecule has 0 saturated carbocycles. The number of hydrogen-bond donors (Lipinski definition) is 2. The van der Waals surface area contributed by atoms with Crippen molar-refractivity contribution >= 4 is 38.2 Å². The number of primary amides is 1. The Hall–Kier alpha value is -2.30. The summed E-state index contributed by atoms with van der Waals surface area (Å²) in [6, 6.07) is 6.36. The quantitative estimate of drug-likeness (QED) is 0.830. The highest BCUT2D eigenvalue weighted by Gasteiger charge is 2.25. The van der Waals surface area contributed by atoms with Crippen molar-refractivity contribution in [2.75, 3.05) is 19.4 Å². The number of nitrogens with one attached hydrogen (secondary N) is 1. The number of nitrogens with zero attached hydrogens (tertiary/aromatic N) is 1. The van der Waals surface area contributed by atoms with Gasteiger partial charge in [0.2, 0.25) is 0 Å². The number of anilines is 1. The van der Waals surface area contributed by atoms with Gasteiger partial charge in [-0.1, -0.05) is 12.1 Å². The minimum atomic E-state index is -3.80. The lowest BCUT2D eigenvalue weighted by Gasteiger charge is -2.08. The minimum absolute atomic E-state index is 0.0591. The minimum Gasteiger partial charge on any atom is -0.366 e. The van der Waals surface area contributed by atoms with Crippen molar-refractivity contribution in [1.82, 2.24) is 4.31 Å². The van der Waals surface area contributed by atoms with Crippen LogP contribution in [0, 0.1) is 5.82 Å². The molecule has 0 bridgehead atoms. The van der Waals surface area contributed by atoms with Gasteiger partial charge >= 0.3 is 0 Å². The zero-order valence-corrected chi connectivity index (χ0v) is 14.4. The maximum absolute atomic E-state index is 13.7. The lowest BCUT2D eigenvalue weighted by Crippen LogP contribution is -2.21. The predicted molar refractivity (Wildman–Crippen MR) is 88.1 cm³/mol. The van der Waals surface area contributed by atoms with Gasteiger partial charge in [-0.05, 0) is 18.2 Å². The highest BCUT2D eigenvalue weighted by molar-refractivity contribution is 7.91. The lowest BCUT2D eigenvalue weighted by molar-refractivity contribution is 0.100. The van der Waals surface area contributed by atoms with Crippen LogP contribution >= 0.6 is 11.3 Å². The first-order chi connectivity index (χ1) is 11.1. The van der Waals surface area contributed by atoms with Crippen molar-refractivity contribution in [3.05, 3.63) is 47.3 Å². The molecule has 2 amide bonds. The summed E-state index contributed by atoms with van der Waals surface area (Å²) in [6.07, 6.45) is 0. The second-order valence-corrected chi connectivity index (χ2v) is 8.32. The molecule has 0 aliphatic heterocycles. The van der Waals surface area contributed by atoms with Crippen LogP contribution in [0.1, 0.15) is 20.7 Å². The Bertz CT molecular complexity index is 906. The fourth-order valence-electron chi connectivity index (χ4n) is 1.77. The molecule has 128 valence electrons. The molecule has 2 rings (SSSR count). The molecule has 7 nitrogen and oxygen atoms in total. The topological polar surface area (TPSA) is 110 Å². The van der Waals surface area contributed by atoms with Crippen molar-refractivity contribution in [2.45, 2.75) is 4.21 Å². The van der Waals surface area contributed by atoms with E-state index in [1.807, 2.05) is 0 Å². The second-order valence-electron chi connectivity index (χ2n) is 4.89. The van der Waals surface area contributed by atoms with Crippen LogP contribution in [0.25, 0.3) is 0 Å². The Balaban J connectivity index is 2.44. The van der Waals surface area contributed by atoms with Gasteiger partial charge in [0.05, 0.1) is 11.1 Å². The zero-order valence-electron chi connectivity index (χ0n) is 12.7. The summed E-state index contributed by atoms with van der Waals surface area (Å²) in [6.45, 7) is 0. The average molecular weight is 371 g/mol. The van der Waals surface area contributed by atoms with Crippen molar-refractivity contribution in [3.8, 4) is 0 Å². The van der Waals surface area contributed by atoms with Gasteiger partial charge in [0.1, 0.15) is 15.0 Å². The van der Waals surface area contributed by atoms with Crippen LogP contribution in [0.15, 0.2) is 34.5 Å². The molecule has 0 fully saturated rings. The molecule has 0 saturated heterocycles. The fourth-order valence-corrected chi connectivity index (χ4v) is 4.30. The van der Waals surface area contributed by atoms with E-state index in [0.717, 1.165) is 16.4 Å². The van der Waals surface area contributed by atoms with Crippen LogP contribution in [0.2, 0.25) is 0 Å². The Morgan fingerprint density at radius 2 is 1.83 bits per heavy atom. The molecule has 1 heterocycles. The predicted octanol–water partition coefficient (Wildman–Crippen LogP) is 1.49. The molecule has 0 atom stereocenters. The van der Waals surface area contributed by atoms with E-state index in [-0.39, 0.29) is 20.3 Å². The molecule has 0 aliphatic rings. The van der Waals surface area contributed by atoms with Gasteiger partial charge in [-0.2, -0.15) is 0 Å². The van der Waals surface area contributed by atoms with Crippen LogP contribution in [0.4, 0.5) is 9.39 Å². The Labute approximate surface area is 141 Å². The maximum atomic E-state index is 13.7. The summed E-state index contributed by atoms with van der Waals surface area (Å²) < 4.78 is 38.7. The Kier molecular flexibility index (Phi) is 5.02. The first-order valence-electron chi connectivity index (χ1n) is 6.56. The maximum Gasteiger partial charge on any atom is 0.259 e. The number of carbonyl (C=O) groups is 2. The van der Waals surface area contributed by atoms with Crippen LogP contribution in [0.5, 0.6) is 0 Å². The summed E-state index contributed by atoms with van der Waals surface area (Å²) in [5.41, 5.74) is 4.83. The van der Waals surface area contributed by atoms with Gasteiger partial charge in [-0.3, -0.25) is 9.59 Å². The number of rotatable bonds is 5. The number of amides is 2. The molecular formula is C14H14FN3O4S2. The summed E-state index contributed by atoms with van der Waals surface area (Å²) in [5.74, 6) is -2.46. The Morgan fingerprint density at radius 3 is 2.38 bits per heavy atom. The second kappa shape index (κ2) is 6.67. The van der Waals surface area contributed by atoms with Gasteiger partial charge in [0, 0.05) is 14.1 Å². The number of benzene rings is 1. The molecule has 0 spiro atoms. The van der Waals surface area contributed by atoms with Crippen molar-refractivity contribution in [2.24, 2.45) is 5.73 Å². The fraction of sp³-hybridized carbons (Fsp3) is 0.143. The van der Waals surface area contributed by atoms with E-state index < -0.39 is 27.7 Å². The summed E-state index contributed by atoms with van der Waals surface area (Å²) in [4.78, 5) is 23.7. The number of hydrogen-bond acceptors (Lipinski definition) is 5. The van der Waals surface area contributed by atoms with E-state index in [0.29, 0.717) is 11.3 Å². The summed E-state index contributed by atoms with van der Waals surface area (Å²) in [7, 11) is -1.14. The normalized spacial score (nSPS) is 11.5. The SMILES string of the molecule is CN(C)S(=O)(=O)c1cc(C(N)=O)c(NC(=O)c2ccccc2F)s1. The monoisotopic (exact) mass is 371 g/mol. The highest BCUT2D eigenvalue weighted by Crippen LogP contribution is 2.32. The standard InChI is InChI=1S/C14H14FN3O4S2/c1-18(2)24(21,22)11-7-9(12(16)19)14(23-11)17-13(20)8-5-3-4-6-10(8)15/h3-7H,1-2H3,(H2,16,19)(H,17,20). The molecular weight excluding hydrogens is 357 g/mol. The lowest BCUT2D eigenvalue weighted by atomic mass is 10.2. The molecule has 1 aromatic heterocycles. The highest BCUT2D eigenvalue weighted by atomic mass is 32.2. The Morgan fingerprint density at radius 1 is 1.21 bits per heavy atom. The molecule has 2 aromatic rings. The average Bonchev–Trinajstić information content (AvgIpc) is 2.92. The molecule has 0 aliphatic carbocycles. The van der Waals surface area contributed by atoms with Crippen LogP contribution in [0.3, 0.4) is 0 Å². The molecule has 24 heavy (non-hydrogen) atoms. The first kappa shape index (κ1) is 18.0. The summed E-state index contributed by atoms with van der Waals surface area (Å²) in [5, 5.41) is 2.28. The first-order valence-corrected chi connectivity index (χ1v) is 8.82. The smallest absolute Gasteiger partial charge is 0.259 e. The number of halogens is 1. The molecule has 1 aromatic carbocycles. The van der Waals surface area contributed by atoms with E-state index in [2.05, 4.69) is 5.32 Å². The van der Waals surface area contributed by atoms with Gasteiger partial charge in [-0.15, -0.1) is 11.3 Å². The third-order valence-corrected chi connectivity index (χ3v) is 6.37. The van der Waals surface area contributed by atoms with E-state index in [1.165, 1.54) is 32.3 Å². The molecule has 3 N–H and O–H groups in total. The van der Waals surface area contributed by atoms with Crippen LogP contribution in [-0.4, -0.2) is 38.6 Å². The number of carbonyl (C=O) groups excluding carboxylic acids is 2. The number of sulfonamides is 1. The van der Waals surface area contributed by atoms with Crippen molar-refractivity contribution in [1.29, 1.82) is 0 Å². The van der Waals surface area contributed by atoms with Gasteiger partial charge in [0.15, 0.2) is 0 Å². The molecule has 10 heteroatoms. The largest absolute Gasteiger partial charge is 0.366 e.